The van der Waals surface area contributed by atoms with Crippen LogP contribution in [-0.2, 0) is 4.79 Å². The van der Waals surface area contributed by atoms with Crippen molar-refractivity contribution in [2.75, 3.05) is 20.2 Å². The first-order chi connectivity index (χ1) is 10.8. The number of methoxy groups -OCH3 is 1. The van der Waals surface area contributed by atoms with Crippen molar-refractivity contribution in [3.63, 3.8) is 0 Å². The van der Waals surface area contributed by atoms with Crippen molar-refractivity contribution in [3.05, 3.63) is 29.8 Å². The molecule has 0 aromatic heterocycles. The summed E-state index contributed by atoms with van der Waals surface area (Å²) < 4.78 is 5.12. The highest BCUT2D eigenvalue weighted by molar-refractivity contribution is 5.98. The summed E-state index contributed by atoms with van der Waals surface area (Å²) in [7, 11) is 1.61. The maximum Gasteiger partial charge on any atom is 0.223 e. The van der Waals surface area contributed by atoms with Crippen LogP contribution in [0.5, 0.6) is 5.75 Å². The van der Waals surface area contributed by atoms with Crippen LogP contribution in [0, 0.1) is 11.3 Å². The summed E-state index contributed by atoms with van der Waals surface area (Å²) in [5.74, 6) is 1.15. The molecule has 0 atom stereocenters. The molecule has 4 nitrogen and oxygen atoms in total. The summed E-state index contributed by atoms with van der Waals surface area (Å²) in [5.41, 5.74) is 0.734. The van der Waals surface area contributed by atoms with Gasteiger partial charge in [0.25, 0.3) is 0 Å². The third-order valence-corrected chi connectivity index (χ3v) is 4.27. The van der Waals surface area contributed by atoms with Gasteiger partial charge in [-0.2, -0.15) is 0 Å². The molecule has 126 valence electrons. The highest BCUT2D eigenvalue weighted by atomic mass is 16.5. The normalized spacial score (nSPS) is 16.3. The Labute approximate surface area is 138 Å². The molecular weight excluding hydrogens is 290 g/mol. The summed E-state index contributed by atoms with van der Waals surface area (Å²) >= 11 is 0. The molecule has 0 radical (unpaired) electrons. The van der Waals surface area contributed by atoms with Gasteiger partial charge in [0, 0.05) is 31.0 Å². The van der Waals surface area contributed by atoms with E-state index >= 15 is 0 Å². The van der Waals surface area contributed by atoms with Gasteiger partial charge in [-0.1, -0.05) is 20.8 Å². The van der Waals surface area contributed by atoms with Crippen molar-refractivity contribution < 1.29 is 14.3 Å². The molecule has 2 rings (SSSR count). The second-order valence-corrected chi connectivity index (χ2v) is 7.49. The molecule has 1 aliphatic rings. The topological polar surface area (TPSA) is 46.6 Å². The fourth-order valence-electron chi connectivity index (χ4n) is 2.95. The Morgan fingerprint density at radius 3 is 2.17 bits per heavy atom. The van der Waals surface area contributed by atoms with Crippen LogP contribution in [0.25, 0.3) is 0 Å². The highest BCUT2D eigenvalue weighted by Crippen LogP contribution is 2.26. The number of ketones is 1. The van der Waals surface area contributed by atoms with E-state index in [4.69, 9.17) is 4.74 Å². The zero-order chi connectivity index (χ0) is 17.0. The van der Waals surface area contributed by atoms with Gasteiger partial charge in [0.1, 0.15) is 5.75 Å². The van der Waals surface area contributed by atoms with Gasteiger partial charge in [-0.3, -0.25) is 9.59 Å². The van der Waals surface area contributed by atoms with E-state index in [0.29, 0.717) is 19.5 Å². The van der Waals surface area contributed by atoms with Crippen LogP contribution in [0.1, 0.15) is 50.4 Å². The molecule has 1 aliphatic heterocycles. The second-order valence-electron chi connectivity index (χ2n) is 7.49. The second kappa shape index (κ2) is 7.16. The minimum atomic E-state index is 0.00679. The van der Waals surface area contributed by atoms with Gasteiger partial charge in [-0.15, -0.1) is 0 Å². The zero-order valence-corrected chi connectivity index (χ0v) is 14.6. The molecule has 0 bridgehead atoms. The van der Waals surface area contributed by atoms with Crippen molar-refractivity contribution in [2.45, 2.75) is 40.0 Å². The lowest BCUT2D eigenvalue weighted by Crippen LogP contribution is -2.41. The molecule has 1 fully saturated rings. The van der Waals surface area contributed by atoms with E-state index in [1.807, 2.05) is 29.2 Å². The number of piperidine rings is 1. The van der Waals surface area contributed by atoms with Gasteiger partial charge in [-0.05, 0) is 42.5 Å². The van der Waals surface area contributed by atoms with Crippen LogP contribution in [0.4, 0.5) is 0 Å². The SMILES string of the molecule is COc1ccc(C(=O)C2CCN(C(=O)CC(C)(C)C)CC2)cc1. The van der Waals surface area contributed by atoms with Gasteiger partial charge >= 0.3 is 0 Å². The Morgan fingerprint density at radius 1 is 1.13 bits per heavy atom. The quantitative estimate of drug-likeness (QED) is 0.798. The number of likely N-dealkylation sites (tertiary alicyclic amines) is 1. The van der Waals surface area contributed by atoms with Crippen LogP contribution < -0.4 is 4.74 Å². The highest BCUT2D eigenvalue weighted by Gasteiger charge is 2.29. The number of carbonyl (C=O) groups is 2. The number of hydrogen-bond acceptors (Lipinski definition) is 3. The molecule has 0 saturated carbocycles. The fraction of sp³-hybridized carbons (Fsp3) is 0.579. The number of nitrogens with zero attached hydrogens (tertiary/aromatic N) is 1. The number of Topliss-reactive ketones (excluding diaryl/α,β-unsaturated/α-hetero) is 1. The summed E-state index contributed by atoms with van der Waals surface area (Å²) in [5, 5.41) is 0. The maximum absolute atomic E-state index is 12.6. The van der Waals surface area contributed by atoms with E-state index in [-0.39, 0.29) is 23.0 Å². The molecule has 0 N–H and O–H groups in total. The van der Waals surface area contributed by atoms with Crippen LogP contribution in [0.3, 0.4) is 0 Å². The summed E-state index contributed by atoms with van der Waals surface area (Å²) in [6.45, 7) is 7.59. The lowest BCUT2D eigenvalue weighted by atomic mass is 9.87. The Morgan fingerprint density at radius 2 is 1.70 bits per heavy atom. The number of benzene rings is 1. The number of ether oxygens (including phenoxy) is 1. The molecule has 1 aromatic carbocycles. The predicted molar refractivity (Wildman–Crippen MR) is 90.7 cm³/mol. The van der Waals surface area contributed by atoms with Crippen molar-refractivity contribution in [1.82, 2.24) is 4.90 Å². The van der Waals surface area contributed by atoms with E-state index in [9.17, 15) is 9.59 Å². The fourth-order valence-corrected chi connectivity index (χ4v) is 2.95. The molecule has 1 heterocycles. The van der Waals surface area contributed by atoms with Gasteiger partial charge in [-0.25, -0.2) is 0 Å². The standard InChI is InChI=1S/C19H27NO3/c1-19(2,3)13-17(21)20-11-9-15(10-12-20)18(22)14-5-7-16(23-4)8-6-14/h5-8,15H,9-13H2,1-4H3. The van der Waals surface area contributed by atoms with Gasteiger partial charge < -0.3 is 9.64 Å². The molecular formula is C19H27NO3. The maximum atomic E-state index is 12.6. The first-order valence-electron chi connectivity index (χ1n) is 8.26. The molecule has 0 aliphatic carbocycles. The van der Waals surface area contributed by atoms with E-state index in [1.165, 1.54) is 0 Å². The van der Waals surface area contributed by atoms with E-state index in [0.717, 1.165) is 24.2 Å². The number of hydrogen-bond donors (Lipinski definition) is 0. The lowest BCUT2D eigenvalue weighted by Gasteiger charge is -2.33. The summed E-state index contributed by atoms with van der Waals surface area (Å²) in [4.78, 5) is 26.7. The Hall–Kier alpha value is -1.84. The largest absolute Gasteiger partial charge is 0.497 e. The van der Waals surface area contributed by atoms with E-state index in [2.05, 4.69) is 20.8 Å². The van der Waals surface area contributed by atoms with E-state index in [1.54, 1.807) is 7.11 Å². The van der Waals surface area contributed by atoms with Crippen molar-refractivity contribution in [2.24, 2.45) is 11.3 Å². The van der Waals surface area contributed by atoms with Crippen LogP contribution in [0.2, 0.25) is 0 Å². The minimum absolute atomic E-state index is 0.00679. The van der Waals surface area contributed by atoms with Crippen LogP contribution >= 0.6 is 0 Å². The predicted octanol–water partition coefficient (Wildman–Crippen LogP) is 3.55. The Balaban J connectivity index is 1.90. The van der Waals surface area contributed by atoms with Crippen molar-refractivity contribution >= 4 is 11.7 Å². The smallest absolute Gasteiger partial charge is 0.223 e. The van der Waals surface area contributed by atoms with E-state index < -0.39 is 0 Å². The molecule has 1 amide bonds. The number of carbonyl (C=O) groups excluding carboxylic acids is 2. The third-order valence-electron chi connectivity index (χ3n) is 4.27. The lowest BCUT2D eigenvalue weighted by molar-refractivity contribution is -0.134. The Kier molecular flexibility index (Phi) is 5.45. The number of rotatable bonds is 4. The molecule has 4 heteroatoms. The number of amides is 1. The average molecular weight is 317 g/mol. The summed E-state index contributed by atoms with van der Waals surface area (Å²) in [6, 6.07) is 7.26. The van der Waals surface area contributed by atoms with Crippen LogP contribution in [-0.4, -0.2) is 36.8 Å². The molecule has 1 saturated heterocycles. The van der Waals surface area contributed by atoms with Gasteiger partial charge in [0.2, 0.25) is 5.91 Å². The van der Waals surface area contributed by atoms with Crippen LogP contribution in [0.15, 0.2) is 24.3 Å². The minimum Gasteiger partial charge on any atom is -0.497 e. The van der Waals surface area contributed by atoms with Crippen molar-refractivity contribution in [3.8, 4) is 5.75 Å². The van der Waals surface area contributed by atoms with Gasteiger partial charge in [0.15, 0.2) is 5.78 Å². The molecule has 1 aromatic rings. The average Bonchev–Trinajstić information content (AvgIpc) is 2.53. The van der Waals surface area contributed by atoms with Crippen molar-refractivity contribution in [1.29, 1.82) is 0 Å². The first-order valence-corrected chi connectivity index (χ1v) is 8.26. The first kappa shape index (κ1) is 17.5. The van der Waals surface area contributed by atoms with Gasteiger partial charge in [0.05, 0.1) is 7.11 Å². The molecule has 0 spiro atoms. The zero-order valence-electron chi connectivity index (χ0n) is 14.6. The summed E-state index contributed by atoms with van der Waals surface area (Å²) in [6.07, 6.45) is 2.06. The molecule has 23 heavy (non-hydrogen) atoms. The Bertz CT molecular complexity index is 549. The molecule has 0 unspecified atom stereocenters. The monoisotopic (exact) mass is 317 g/mol. The third kappa shape index (κ3) is 4.81.